The molecule has 2 aliphatic heterocycles. The fraction of sp³-hybridized carbons (Fsp3) is 0.500. The predicted octanol–water partition coefficient (Wildman–Crippen LogP) is 5.61. The molecule has 3 unspecified atom stereocenters. The van der Waals surface area contributed by atoms with Crippen molar-refractivity contribution < 1.29 is 9.53 Å². The Kier molecular flexibility index (Phi) is 8.76. The summed E-state index contributed by atoms with van der Waals surface area (Å²) in [6.45, 7) is 1.22. The van der Waals surface area contributed by atoms with Gasteiger partial charge in [0.05, 0.1) is 14.3 Å². The van der Waals surface area contributed by atoms with Gasteiger partial charge < -0.3 is 4.74 Å². The summed E-state index contributed by atoms with van der Waals surface area (Å²) < 4.78 is 13.4. The number of carbonyl (C=O) groups excluding carboxylic acids is 1. The van der Waals surface area contributed by atoms with Crippen LogP contribution in [0.1, 0.15) is 30.7 Å². The summed E-state index contributed by atoms with van der Waals surface area (Å²) in [4.78, 5) is 15.0. The molecule has 0 aromatic heterocycles. The molecule has 138 valence electrons. The fourth-order valence-electron chi connectivity index (χ4n) is 4.27. The maximum Gasteiger partial charge on any atom is 0.310 e. The third kappa shape index (κ3) is 5.09. The molecular weight excluding hydrogens is 582 g/mol. The van der Waals surface area contributed by atoms with Crippen LogP contribution in [-0.4, -0.2) is 37.9 Å². The molecule has 0 spiro atoms. The minimum absolute atomic E-state index is 0.0845. The lowest BCUT2D eigenvalue weighted by Gasteiger charge is -2.43. The number of hydrogen-bond donors (Lipinski definition) is 0. The van der Waals surface area contributed by atoms with E-state index in [0.29, 0.717) is 12.9 Å². The first-order chi connectivity index (χ1) is 12.6. The van der Waals surface area contributed by atoms with Crippen molar-refractivity contribution in [1.29, 1.82) is 1.28 Å². The van der Waals surface area contributed by atoms with Crippen molar-refractivity contribution in [2.24, 2.45) is 5.92 Å². The summed E-state index contributed by atoms with van der Waals surface area (Å²) in [5.41, 5.74) is 1.20. The number of ether oxygens (including phenoxy) is 1. The summed E-state index contributed by atoms with van der Waals surface area (Å²) >= 11 is 10.3. The van der Waals surface area contributed by atoms with Crippen molar-refractivity contribution in [1.82, 2.24) is 4.90 Å². The first-order valence-corrected chi connectivity index (χ1v) is 13.4. The predicted molar refractivity (Wildman–Crippen MR) is 125 cm³/mol. The zero-order valence-corrected chi connectivity index (χ0v) is 20.1. The van der Waals surface area contributed by atoms with Crippen LogP contribution >= 0.6 is 63.1 Å². The molecule has 1 aromatic carbocycles. The van der Waals surface area contributed by atoms with Crippen LogP contribution in [0.15, 0.2) is 34.4 Å². The average Bonchev–Trinajstić information content (AvgIpc) is 2.92. The molecule has 0 N–H and O–H groups in total. The van der Waals surface area contributed by atoms with Gasteiger partial charge in [0.2, 0.25) is 0 Å². The van der Waals surface area contributed by atoms with Gasteiger partial charge >= 0.3 is 5.97 Å². The van der Waals surface area contributed by atoms with Crippen LogP contribution in [0.25, 0.3) is 0 Å². The van der Waals surface area contributed by atoms with Gasteiger partial charge in [-0.2, -0.15) is 0 Å². The Morgan fingerprint density at radius 2 is 2.16 bits per heavy atom. The molecule has 25 heavy (non-hydrogen) atoms. The van der Waals surface area contributed by atoms with Crippen LogP contribution < -0.4 is 0 Å². The minimum atomic E-state index is -0.0949. The van der Waals surface area contributed by atoms with Crippen molar-refractivity contribution in [3.63, 3.8) is 0 Å². The Morgan fingerprint density at radius 1 is 1.48 bits per heavy atom. The number of nitrogens with zero attached hydrogens (tertiary/aromatic N) is 1. The van der Waals surface area contributed by atoms with E-state index >= 15 is 0 Å². The number of fused-ring (bicyclic) bond motifs is 2. The van der Waals surface area contributed by atoms with Gasteiger partial charge in [-0.3, -0.25) is 9.69 Å². The number of esters is 1. The average molecular weight is 608 g/mol. The number of rotatable bonds is 4. The van der Waals surface area contributed by atoms with Crippen LogP contribution in [-0.2, 0) is 9.53 Å². The largest absolute Gasteiger partial charge is 0.469 e. The zero-order valence-electron chi connectivity index (χ0n) is 15.0. The van der Waals surface area contributed by atoms with Gasteiger partial charge in [0, 0.05) is 29.6 Å². The van der Waals surface area contributed by atoms with E-state index in [1.54, 1.807) is 0 Å². The molecule has 1 aromatic rings. The van der Waals surface area contributed by atoms with Gasteiger partial charge in [-0.25, -0.2) is 0 Å². The van der Waals surface area contributed by atoms with Crippen LogP contribution in [0.4, 0.5) is 0 Å². The van der Waals surface area contributed by atoms with E-state index < -0.39 is 0 Å². The van der Waals surface area contributed by atoms with Crippen LogP contribution in [0.3, 0.4) is 0 Å². The van der Waals surface area contributed by atoms with Crippen LogP contribution in [0.2, 0.25) is 5.02 Å². The summed E-state index contributed by atoms with van der Waals surface area (Å²) in [5, 5.41) is 0.732. The second-order valence-electron chi connectivity index (χ2n) is 6.30. The van der Waals surface area contributed by atoms with Gasteiger partial charge in [0.1, 0.15) is 0 Å². The molecule has 3 rings (SSSR count). The second kappa shape index (κ2) is 10.8. The number of benzene rings is 1. The molecular formula is C18H23ClI2NO2P. The molecule has 7 heteroatoms. The maximum absolute atomic E-state index is 12.5. The quantitative estimate of drug-likeness (QED) is 0.253. The van der Waals surface area contributed by atoms with Crippen molar-refractivity contribution in [2.75, 3.05) is 13.7 Å². The minimum Gasteiger partial charge on any atom is -0.469 e. The monoisotopic (exact) mass is 607 g/mol. The van der Waals surface area contributed by atoms with E-state index in [1.165, 1.54) is 12.7 Å². The summed E-state index contributed by atoms with van der Waals surface area (Å²) in [5.74, 6) is 0.0401. The molecule has 2 fully saturated rings. The van der Waals surface area contributed by atoms with Crippen LogP contribution in [0.5, 0.6) is 0 Å². The molecule has 0 amide bonds. The molecule has 0 radical (unpaired) electrons. The van der Waals surface area contributed by atoms with Crippen LogP contribution in [0, 0.1) is 5.92 Å². The highest BCUT2D eigenvalue weighted by Gasteiger charge is 2.50. The van der Waals surface area contributed by atoms with Crippen molar-refractivity contribution in [3.8, 4) is 0 Å². The highest BCUT2D eigenvalue weighted by Crippen LogP contribution is 2.47. The summed E-state index contributed by atoms with van der Waals surface area (Å²) in [7, 11) is 1.50. The molecule has 5 atom stereocenters. The lowest BCUT2D eigenvalue weighted by molar-refractivity contribution is -0.150. The lowest BCUT2D eigenvalue weighted by atomic mass is 9.76. The SMILES string of the molecule is COC(=O)[C@@H]1C2CCC(C[C@@H]1c1ccc(Cl)cc1)N2C/C=C/I.[3H]PI. The lowest BCUT2D eigenvalue weighted by Crippen LogP contribution is -2.50. The maximum atomic E-state index is 12.5. The number of halogens is 3. The Labute approximate surface area is 185 Å². The third-order valence-electron chi connectivity index (χ3n) is 5.24. The molecule has 3 nitrogen and oxygen atoms in total. The van der Waals surface area contributed by atoms with Crippen molar-refractivity contribution in [3.05, 3.63) is 45.0 Å². The summed E-state index contributed by atoms with van der Waals surface area (Å²) in [6, 6.07) is 8.77. The Balaban J connectivity index is 0.000000758. The van der Waals surface area contributed by atoms with Crippen molar-refractivity contribution in [2.45, 2.75) is 37.3 Å². The van der Waals surface area contributed by atoms with Gasteiger partial charge in [-0.15, -0.1) is 0 Å². The highest BCUT2D eigenvalue weighted by molar-refractivity contribution is 14.2. The normalized spacial score (nSPS) is 29.5. The van der Waals surface area contributed by atoms with E-state index in [1.807, 2.05) is 34.2 Å². The molecule has 0 saturated carbocycles. The Hall–Kier alpha value is 0.570. The molecule has 2 saturated heterocycles. The Bertz CT molecular complexity index is 620. The first-order valence-electron chi connectivity index (χ1n) is 8.69. The van der Waals surface area contributed by atoms with E-state index in [-0.39, 0.29) is 23.8 Å². The Morgan fingerprint density at radius 3 is 2.76 bits per heavy atom. The molecule has 0 aliphatic carbocycles. The van der Waals surface area contributed by atoms with E-state index in [4.69, 9.17) is 17.6 Å². The number of hydrogen-bond acceptors (Lipinski definition) is 3. The molecule has 2 aliphatic rings. The standard InChI is InChI=1S/C18H21ClINO2.H2IP/c1-23-18(22)17-15(12-3-5-13(19)6-4-12)11-14-7-8-16(17)21(14)10-2-9-20;1-2/h2-6,9,14-17H,7-8,10-11H2,1H3;2H2/b9-2+;/t14?,15-,16?,17+;/m1./s1/i;2T. The number of carbonyl (C=O) groups is 1. The zero-order chi connectivity index (χ0) is 19.1. The fourth-order valence-corrected chi connectivity index (χ4v) is 4.62. The van der Waals surface area contributed by atoms with E-state index in [9.17, 15) is 4.79 Å². The third-order valence-corrected chi connectivity index (χ3v) is 6.00. The van der Waals surface area contributed by atoms with Gasteiger partial charge in [0.25, 0.3) is 0 Å². The molecule has 2 heterocycles. The number of methoxy groups -OCH3 is 1. The second-order valence-corrected chi connectivity index (χ2v) is 7.46. The van der Waals surface area contributed by atoms with E-state index in [0.717, 1.165) is 30.8 Å². The van der Waals surface area contributed by atoms with Crippen molar-refractivity contribution >= 4 is 69.0 Å². The smallest absolute Gasteiger partial charge is 0.310 e. The summed E-state index contributed by atoms with van der Waals surface area (Å²) in [6.07, 6.45) is 5.41. The highest BCUT2D eigenvalue weighted by atomic mass is 127. The first kappa shape index (κ1) is 20.3. The van der Waals surface area contributed by atoms with E-state index in [2.05, 4.69) is 49.8 Å². The van der Waals surface area contributed by atoms with Gasteiger partial charge in [-0.05, 0) is 41.0 Å². The number of piperidine rings is 1. The van der Waals surface area contributed by atoms with Gasteiger partial charge in [0.15, 0.2) is 0 Å². The van der Waals surface area contributed by atoms with Gasteiger partial charge in [-0.1, -0.05) is 81.3 Å². The topological polar surface area (TPSA) is 29.5 Å². The molecule has 2 bridgehead atoms.